The van der Waals surface area contributed by atoms with Gasteiger partial charge in [0.1, 0.15) is 6.10 Å². The Morgan fingerprint density at radius 3 is 2.28 bits per heavy atom. The first kappa shape index (κ1) is 20.9. The minimum Gasteiger partial charge on any atom is -0.471 e. The number of hydrogen-bond acceptors (Lipinski definition) is 4. The van der Waals surface area contributed by atoms with Crippen molar-refractivity contribution in [3.05, 3.63) is 53.2 Å². The number of nitrogens with zero attached hydrogens (tertiary/aromatic N) is 3. The van der Waals surface area contributed by atoms with Crippen LogP contribution in [0, 0.1) is 0 Å². The summed E-state index contributed by atoms with van der Waals surface area (Å²) >= 11 is 0. The van der Waals surface area contributed by atoms with Gasteiger partial charge in [-0.25, -0.2) is 0 Å². The molecule has 1 amide bonds. The van der Waals surface area contributed by atoms with E-state index in [1.54, 1.807) is 12.1 Å². The Hall–Kier alpha value is -2.85. The lowest BCUT2D eigenvalue weighted by molar-refractivity contribution is -0.143. The predicted molar refractivity (Wildman–Crippen MR) is 88.0 cm³/mol. The third-order valence-electron chi connectivity index (χ3n) is 4.34. The average molecular weight is 419 g/mol. The molecular formula is C18H15F6N3O2. The molecule has 0 spiro atoms. The van der Waals surface area contributed by atoms with Crippen LogP contribution in [-0.2, 0) is 12.4 Å². The van der Waals surface area contributed by atoms with Crippen LogP contribution < -0.4 is 4.74 Å². The number of ether oxygens (including phenoxy) is 1. The second kappa shape index (κ2) is 7.88. The van der Waals surface area contributed by atoms with Crippen molar-refractivity contribution >= 4 is 5.91 Å². The number of carbonyl (C=O) groups is 1. The molecule has 0 bridgehead atoms. The van der Waals surface area contributed by atoms with Gasteiger partial charge in [-0.3, -0.25) is 4.79 Å². The summed E-state index contributed by atoms with van der Waals surface area (Å²) in [6.45, 7) is 0.198. The van der Waals surface area contributed by atoms with E-state index < -0.39 is 41.1 Å². The smallest absolute Gasteiger partial charge is 0.416 e. The first-order valence-electron chi connectivity index (χ1n) is 8.57. The van der Waals surface area contributed by atoms with Crippen LogP contribution in [0.3, 0.4) is 0 Å². The second-order valence-electron chi connectivity index (χ2n) is 6.49. The molecule has 0 radical (unpaired) electrons. The van der Waals surface area contributed by atoms with E-state index in [0.717, 1.165) is 0 Å². The lowest BCUT2D eigenvalue weighted by Crippen LogP contribution is -2.44. The number of piperidine rings is 1. The summed E-state index contributed by atoms with van der Waals surface area (Å²) in [5.41, 5.74) is -3.73. The van der Waals surface area contributed by atoms with Crippen LogP contribution >= 0.6 is 0 Å². The van der Waals surface area contributed by atoms with Crippen molar-refractivity contribution in [1.29, 1.82) is 0 Å². The highest BCUT2D eigenvalue weighted by molar-refractivity contribution is 5.94. The minimum absolute atomic E-state index is 0.00695. The number of hydrogen-bond donors (Lipinski definition) is 0. The molecule has 2 heterocycles. The molecule has 1 aromatic carbocycles. The Bertz CT molecular complexity index is 838. The molecular weight excluding hydrogens is 404 g/mol. The van der Waals surface area contributed by atoms with Crippen molar-refractivity contribution in [2.75, 3.05) is 13.1 Å². The van der Waals surface area contributed by atoms with E-state index in [9.17, 15) is 31.1 Å². The van der Waals surface area contributed by atoms with Crippen LogP contribution in [0.4, 0.5) is 26.3 Å². The van der Waals surface area contributed by atoms with Crippen LogP contribution in [-0.4, -0.2) is 40.2 Å². The zero-order chi connectivity index (χ0) is 21.2. The largest absolute Gasteiger partial charge is 0.471 e. The topological polar surface area (TPSA) is 55.3 Å². The van der Waals surface area contributed by atoms with Gasteiger partial charge in [-0.1, -0.05) is 0 Å². The summed E-state index contributed by atoms with van der Waals surface area (Å²) in [5.74, 6) is -0.709. The normalized spacial score (nSPS) is 17.9. The van der Waals surface area contributed by atoms with Gasteiger partial charge in [-0.15, -0.1) is 5.10 Å². The van der Waals surface area contributed by atoms with Gasteiger partial charge in [0.05, 0.1) is 17.7 Å². The first-order chi connectivity index (χ1) is 13.5. The van der Waals surface area contributed by atoms with E-state index in [-0.39, 0.29) is 25.0 Å². The maximum Gasteiger partial charge on any atom is 0.416 e. The molecule has 1 aliphatic rings. The number of carbonyl (C=O) groups excluding carboxylic acids is 1. The third-order valence-corrected chi connectivity index (χ3v) is 4.34. The van der Waals surface area contributed by atoms with E-state index in [1.165, 1.54) is 11.1 Å². The predicted octanol–water partition coefficient (Wildman–Crippen LogP) is 4.20. The number of amides is 1. The maximum atomic E-state index is 13.0. The van der Waals surface area contributed by atoms with Crippen molar-refractivity contribution < 1.29 is 35.9 Å². The third kappa shape index (κ3) is 5.15. The summed E-state index contributed by atoms with van der Waals surface area (Å²) < 4.78 is 83.7. The Morgan fingerprint density at radius 2 is 1.72 bits per heavy atom. The van der Waals surface area contributed by atoms with Crippen molar-refractivity contribution in [1.82, 2.24) is 15.1 Å². The minimum atomic E-state index is -5.02. The van der Waals surface area contributed by atoms with E-state index in [0.29, 0.717) is 25.0 Å². The summed E-state index contributed by atoms with van der Waals surface area (Å²) in [7, 11) is 0. The Balaban J connectivity index is 1.83. The van der Waals surface area contributed by atoms with Crippen LogP contribution in [0.15, 0.2) is 36.5 Å². The van der Waals surface area contributed by atoms with Crippen molar-refractivity contribution in [2.24, 2.45) is 0 Å². The molecule has 1 saturated heterocycles. The maximum absolute atomic E-state index is 13.0. The van der Waals surface area contributed by atoms with E-state index in [1.807, 2.05) is 0 Å². The molecule has 1 atom stereocenters. The molecule has 29 heavy (non-hydrogen) atoms. The van der Waals surface area contributed by atoms with Crippen LogP contribution in [0.2, 0.25) is 0 Å². The fraction of sp³-hybridized carbons (Fsp3) is 0.389. The number of aromatic nitrogens is 2. The van der Waals surface area contributed by atoms with E-state index in [2.05, 4.69) is 10.2 Å². The molecule has 0 N–H and O–H groups in total. The Kier molecular flexibility index (Phi) is 5.67. The van der Waals surface area contributed by atoms with Crippen LogP contribution in [0.1, 0.15) is 34.3 Å². The Labute approximate surface area is 161 Å². The second-order valence-corrected chi connectivity index (χ2v) is 6.49. The van der Waals surface area contributed by atoms with Crippen molar-refractivity contribution in [2.45, 2.75) is 31.3 Å². The summed E-state index contributed by atoms with van der Waals surface area (Å²) in [4.78, 5) is 13.8. The molecule has 3 rings (SSSR count). The molecule has 5 nitrogen and oxygen atoms in total. The van der Waals surface area contributed by atoms with E-state index in [4.69, 9.17) is 4.74 Å². The zero-order valence-electron chi connectivity index (χ0n) is 14.8. The zero-order valence-corrected chi connectivity index (χ0v) is 14.8. The van der Waals surface area contributed by atoms with Gasteiger partial charge in [0.25, 0.3) is 5.91 Å². The summed E-state index contributed by atoms with van der Waals surface area (Å²) in [5, 5.41) is 7.40. The standard InChI is InChI=1S/C18H15F6N3O2/c19-17(20,21)12-7-11(8-13(9-12)18(22,23)24)16(28)27-6-2-3-14(10-27)29-15-4-1-5-25-26-15/h1,4-5,7-9,14H,2-3,6,10H2. The molecule has 156 valence electrons. The SMILES string of the molecule is O=C(c1cc(C(F)(F)F)cc(C(F)(F)F)c1)N1CCCC(Oc2cccnn2)C1. The molecule has 1 fully saturated rings. The number of rotatable bonds is 3. The summed E-state index contributed by atoms with van der Waals surface area (Å²) in [6, 6.07) is 4.01. The first-order valence-corrected chi connectivity index (χ1v) is 8.57. The average Bonchev–Trinajstić information content (AvgIpc) is 2.67. The van der Waals surface area contributed by atoms with Gasteiger partial charge in [0.15, 0.2) is 0 Å². The number of alkyl halides is 6. The molecule has 2 aromatic rings. The lowest BCUT2D eigenvalue weighted by atomic mass is 10.0. The molecule has 0 saturated carbocycles. The molecule has 1 aromatic heterocycles. The number of likely N-dealkylation sites (tertiary alicyclic amines) is 1. The number of halogens is 6. The van der Waals surface area contributed by atoms with Gasteiger partial charge in [0, 0.05) is 24.4 Å². The highest BCUT2D eigenvalue weighted by atomic mass is 19.4. The van der Waals surface area contributed by atoms with Gasteiger partial charge < -0.3 is 9.64 Å². The molecule has 1 unspecified atom stereocenters. The fourth-order valence-electron chi connectivity index (χ4n) is 3.00. The van der Waals surface area contributed by atoms with Gasteiger partial charge >= 0.3 is 12.4 Å². The van der Waals surface area contributed by atoms with Gasteiger partial charge in [-0.2, -0.15) is 31.4 Å². The molecule has 11 heteroatoms. The van der Waals surface area contributed by atoms with Gasteiger partial charge in [-0.05, 0) is 37.1 Å². The van der Waals surface area contributed by atoms with Crippen LogP contribution in [0.25, 0.3) is 0 Å². The van der Waals surface area contributed by atoms with E-state index >= 15 is 0 Å². The number of benzene rings is 1. The quantitative estimate of drug-likeness (QED) is 0.700. The molecule has 1 aliphatic heterocycles. The fourth-order valence-corrected chi connectivity index (χ4v) is 3.00. The monoisotopic (exact) mass is 419 g/mol. The Morgan fingerprint density at radius 1 is 1.07 bits per heavy atom. The lowest BCUT2D eigenvalue weighted by Gasteiger charge is -2.32. The van der Waals surface area contributed by atoms with Crippen LogP contribution in [0.5, 0.6) is 5.88 Å². The van der Waals surface area contributed by atoms with Gasteiger partial charge in [0.2, 0.25) is 5.88 Å². The highest BCUT2D eigenvalue weighted by Crippen LogP contribution is 2.36. The molecule has 0 aliphatic carbocycles. The van der Waals surface area contributed by atoms with Crippen molar-refractivity contribution in [3.63, 3.8) is 0 Å². The highest BCUT2D eigenvalue weighted by Gasteiger charge is 2.38. The summed E-state index contributed by atoms with van der Waals surface area (Å²) in [6.07, 6.45) is -8.07. The van der Waals surface area contributed by atoms with Crippen molar-refractivity contribution in [3.8, 4) is 5.88 Å².